The van der Waals surface area contributed by atoms with E-state index in [1.807, 2.05) is 6.92 Å². The number of aromatic nitrogens is 6. The second-order valence-electron chi connectivity index (χ2n) is 3.12. The quantitative estimate of drug-likeness (QED) is 0.741. The maximum absolute atomic E-state index is 13.2. The SMILES string of the molecule is CCCc1c(F)nnn1C(=O)n1ccnn1. The molecular weight excluding hydrogens is 215 g/mol. The Kier molecular flexibility index (Phi) is 2.71. The minimum atomic E-state index is -0.727. The van der Waals surface area contributed by atoms with Gasteiger partial charge in [0, 0.05) is 0 Å². The van der Waals surface area contributed by atoms with Crippen molar-refractivity contribution in [2.45, 2.75) is 19.8 Å². The molecule has 0 saturated heterocycles. The zero-order valence-electron chi connectivity index (χ0n) is 8.54. The Hall–Kier alpha value is -2.12. The lowest BCUT2D eigenvalue weighted by Gasteiger charge is -2.02. The van der Waals surface area contributed by atoms with E-state index in [1.165, 1.54) is 12.4 Å². The Bertz CT molecular complexity index is 491. The van der Waals surface area contributed by atoms with E-state index in [9.17, 15) is 9.18 Å². The highest BCUT2D eigenvalue weighted by molar-refractivity contribution is 5.77. The van der Waals surface area contributed by atoms with E-state index in [4.69, 9.17) is 0 Å². The first-order valence-electron chi connectivity index (χ1n) is 4.75. The molecule has 2 heterocycles. The highest BCUT2D eigenvalue weighted by Gasteiger charge is 2.18. The van der Waals surface area contributed by atoms with Crippen LogP contribution in [0.1, 0.15) is 19.0 Å². The zero-order valence-corrected chi connectivity index (χ0v) is 8.54. The van der Waals surface area contributed by atoms with Crippen molar-refractivity contribution in [1.82, 2.24) is 30.0 Å². The first-order chi connectivity index (χ1) is 7.74. The van der Waals surface area contributed by atoms with Gasteiger partial charge >= 0.3 is 6.03 Å². The molecule has 0 unspecified atom stereocenters. The fraction of sp³-hybridized carbons (Fsp3) is 0.375. The van der Waals surface area contributed by atoms with Crippen LogP contribution in [0.25, 0.3) is 0 Å². The second kappa shape index (κ2) is 4.17. The largest absolute Gasteiger partial charge is 0.372 e. The summed E-state index contributed by atoms with van der Waals surface area (Å²) in [6, 6.07) is -0.600. The van der Waals surface area contributed by atoms with Crippen LogP contribution in [0.4, 0.5) is 9.18 Å². The van der Waals surface area contributed by atoms with E-state index < -0.39 is 12.0 Å². The van der Waals surface area contributed by atoms with Crippen LogP contribution in [-0.2, 0) is 6.42 Å². The van der Waals surface area contributed by atoms with Crippen LogP contribution in [0.2, 0.25) is 0 Å². The lowest BCUT2D eigenvalue weighted by atomic mass is 10.3. The van der Waals surface area contributed by atoms with Gasteiger partial charge in [-0.3, -0.25) is 0 Å². The third-order valence-electron chi connectivity index (χ3n) is 2.00. The number of halogens is 1. The van der Waals surface area contributed by atoms with Gasteiger partial charge < -0.3 is 0 Å². The standard InChI is InChI=1S/C8H9FN6O/c1-2-3-6-7(9)11-13-15(6)8(16)14-5-4-10-12-14/h4-5H,2-3H2,1H3. The molecule has 8 heteroatoms. The van der Waals surface area contributed by atoms with Crippen LogP contribution < -0.4 is 0 Å². The van der Waals surface area contributed by atoms with Gasteiger partial charge in [-0.1, -0.05) is 28.9 Å². The van der Waals surface area contributed by atoms with Crippen molar-refractivity contribution >= 4 is 6.03 Å². The van der Waals surface area contributed by atoms with Crippen LogP contribution in [0.5, 0.6) is 0 Å². The minimum absolute atomic E-state index is 0.156. The van der Waals surface area contributed by atoms with Gasteiger partial charge in [-0.05, 0) is 6.42 Å². The molecule has 2 aromatic rings. The van der Waals surface area contributed by atoms with Crippen molar-refractivity contribution in [3.63, 3.8) is 0 Å². The van der Waals surface area contributed by atoms with Crippen molar-refractivity contribution in [2.24, 2.45) is 0 Å². The fourth-order valence-corrected chi connectivity index (χ4v) is 1.29. The molecule has 84 valence electrons. The van der Waals surface area contributed by atoms with Crippen LogP contribution >= 0.6 is 0 Å². The average molecular weight is 224 g/mol. The molecule has 0 amide bonds. The number of nitrogens with zero attached hydrogens (tertiary/aromatic N) is 6. The minimum Gasteiger partial charge on any atom is -0.243 e. The van der Waals surface area contributed by atoms with Crippen molar-refractivity contribution in [3.8, 4) is 0 Å². The number of rotatable bonds is 2. The summed E-state index contributed by atoms with van der Waals surface area (Å²) in [5, 5.41) is 13.7. The number of carbonyl (C=O) groups is 1. The molecule has 2 rings (SSSR count). The topological polar surface area (TPSA) is 78.5 Å². The Morgan fingerprint density at radius 3 is 2.94 bits per heavy atom. The zero-order chi connectivity index (χ0) is 11.5. The molecule has 0 radical (unpaired) electrons. The van der Waals surface area contributed by atoms with E-state index >= 15 is 0 Å². The lowest BCUT2D eigenvalue weighted by Crippen LogP contribution is -2.23. The summed E-state index contributed by atoms with van der Waals surface area (Å²) in [4.78, 5) is 11.8. The van der Waals surface area contributed by atoms with Gasteiger partial charge in [0.25, 0.3) is 5.95 Å². The number of hydrogen-bond donors (Lipinski definition) is 0. The van der Waals surface area contributed by atoms with Gasteiger partial charge in [0.1, 0.15) is 5.69 Å². The van der Waals surface area contributed by atoms with Gasteiger partial charge in [-0.25, -0.2) is 4.79 Å². The Labute approximate surface area is 89.9 Å². The molecule has 0 bridgehead atoms. The number of carbonyl (C=O) groups excluding carboxylic acids is 1. The molecule has 0 atom stereocenters. The molecule has 0 aliphatic carbocycles. The van der Waals surface area contributed by atoms with Crippen molar-refractivity contribution in [3.05, 3.63) is 24.0 Å². The van der Waals surface area contributed by atoms with E-state index in [2.05, 4.69) is 20.6 Å². The smallest absolute Gasteiger partial charge is 0.243 e. The molecule has 0 fully saturated rings. The monoisotopic (exact) mass is 224 g/mol. The van der Waals surface area contributed by atoms with Gasteiger partial charge in [0.05, 0.1) is 12.4 Å². The van der Waals surface area contributed by atoms with Gasteiger partial charge in [-0.2, -0.15) is 13.8 Å². The summed E-state index contributed by atoms with van der Waals surface area (Å²) in [6.45, 7) is 1.87. The molecule has 2 aromatic heterocycles. The third-order valence-corrected chi connectivity index (χ3v) is 2.00. The normalized spacial score (nSPS) is 10.6. The molecule has 0 N–H and O–H groups in total. The van der Waals surface area contributed by atoms with E-state index in [0.717, 1.165) is 9.36 Å². The molecule has 0 aliphatic heterocycles. The highest BCUT2D eigenvalue weighted by Crippen LogP contribution is 2.06. The highest BCUT2D eigenvalue weighted by atomic mass is 19.1. The molecule has 0 aromatic carbocycles. The number of hydrogen-bond acceptors (Lipinski definition) is 5. The van der Waals surface area contributed by atoms with Gasteiger partial charge in [0.2, 0.25) is 0 Å². The predicted molar refractivity (Wildman–Crippen MR) is 50.2 cm³/mol. The van der Waals surface area contributed by atoms with Crippen molar-refractivity contribution in [1.29, 1.82) is 0 Å². The second-order valence-corrected chi connectivity index (χ2v) is 3.12. The predicted octanol–water partition coefficient (Wildman–Crippen LogP) is 0.478. The van der Waals surface area contributed by atoms with Crippen LogP contribution in [0.3, 0.4) is 0 Å². The first-order valence-corrected chi connectivity index (χ1v) is 4.75. The van der Waals surface area contributed by atoms with E-state index in [-0.39, 0.29) is 5.69 Å². The molecule has 0 spiro atoms. The van der Waals surface area contributed by atoms with Gasteiger partial charge in [-0.15, -0.1) is 5.10 Å². The first kappa shape index (κ1) is 10.4. The molecule has 7 nitrogen and oxygen atoms in total. The summed E-state index contributed by atoms with van der Waals surface area (Å²) < 4.78 is 15.1. The molecule has 0 saturated carbocycles. The Morgan fingerprint density at radius 2 is 2.31 bits per heavy atom. The summed E-state index contributed by atoms with van der Waals surface area (Å²) >= 11 is 0. The average Bonchev–Trinajstić information content (AvgIpc) is 2.89. The third kappa shape index (κ3) is 1.69. The van der Waals surface area contributed by atoms with Crippen molar-refractivity contribution < 1.29 is 9.18 Å². The molecular formula is C8H9FN6O. The lowest BCUT2D eigenvalue weighted by molar-refractivity contribution is 0.236. The van der Waals surface area contributed by atoms with Gasteiger partial charge in [0.15, 0.2) is 0 Å². The summed E-state index contributed by atoms with van der Waals surface area (Å²) in [5.41, 5.74) is 0.156. The van der Waals surface area contributed by atoms with E-state index in [0.29, 0.717) is 12.8 Å². The maximum Gasteiger partial charge on any atom is 0.372 e. The van der Waals surface area contributed by atoms with Crippen molar-refractivity contribution in [2.75, 3.05) is 0 Å². The summed E-state index contributed by atoms with van der Waals surface area (Å²) in [5.74, 6) is -0.727. The fourth-order valence-electron chi connectivity index (χ4n) is 1.29. The van der Waals surface area contributed by atoms with Crippen LogP contribution in [0.15, 0.2) is 12.4 Å². The Morgan fingerprint density at radius 1 is 1.50 bits per heavy atom. The molecule has 0 aliphatic rings. The molecule has 16 heavy (non-hydrogen) atoms. The summed E-state index contributed by atoms with van der Waals surface area (Å²) in [6.07, 6.45) is 3.79. The Balaban J connectivity index is 2.37. The van der Waals surface area contributed by atoms with Crippen LogP contribution in [0, 0.1) is 5.95 Å². The van der Waals surface area contributed by atoms with E-state index in [1.54, 1.807) is 0 Å². The van der Waals surface area contributed by atoms with Crippen LogP contribution in [-0.4, -0.2) is 36.0 Å². The summed E-state index contributed by atoms with van der Waals surface area (Å²) in [7, 11) is 0. The maximum atomic E-state index is 13.2.